The number of phenolic OH excluding ortho intramolecular Hbond substituents is 1. The largest absolute Gasteiger partial charge is 0.507 e. The Morgan fingerprint density at radius 3 is 2.61 bits per heavy atom. The average Bonchev–Trinajstić information content (AvgIpc) is 3.09. The van der Waals surface area contributed by atoms with Gasteiger partial charge in [-0.1, -0.05) is 30.3 Å². The molecule has 0 bridgehead atoms. The highest BCUT2D eigenvalue weighted by molar-refractivity contribution is 5.95. The van der Waals surface area contributed by atoms with Crippen molar-refractivity contribution in [1.29, 1.82) is 0 Å². The number of aromatic hydroxyl groups is 1. The molecule has 0 aliphatic heterocycles. The zero-order valence-corrected chi connectivity index (χ0v) is 12.0. The third kappa shape index (κ3) is 2.19. The Bertz CT molecular complexity index is 1040. The Kier molecular flexibility index (Phi) is 2.98. The minimum atomic E-state index is -0.161. The highest BCUT2D eigenvalue weighted by Crippen LogP contribution is 2.35. The number of aromatic nitrogens is 2. The number of phenols is 1. The van der Waals surface area contributed by atoms with E-state index in [1.807, 2.05) is 30.3 Å². The number of fused-ring (bicyclic) bond motifs is 1. The first-order chi connectivity index (χ1) is 11.2. The maximum atomic E-state index is 12.4. The molecule has 23 heavy (non-hydrogen) atoms. The molecular weight excluding hydrogens is 292 g/mol. The van der Waals surface area contributed by atoms with Gasteiger partial charge in [0.25, 0.3) is 0 Å². The van der Waals surface area contributed by atoms with Gasteiger partial charge in [0.1, 0.15) is 11.5 Å². The van der Waals surface area contributed by atoms with Crippen LogP contribution in [0.15, 0.2) is 70.0 Å². The highest BCUT2D eigenvalue weighted by atomic mass is 16.3. The fraction of sp³-hybridized carbons (Fsp3) is 0. The summed E-state index contributed by atoms with van der Waals surface area (Å²) in [6.45, 7) is 0. The molecule has 0 radical (unpaired) electrons. The molecule has 0 atom stereocenters. The Hall–Kier alpha value is -3.34. The van der Waals surface area contributed by atoms with Crippen LogP contribution in [0.2, 0.25) is 0 Å². The minimum Gasteiger partial charge on any atom is -0.507 e. The van der Waals surface area contributed by atoms with E-state index in [2.05, 4.69) is 10.2 Å². The third-order valence-corrected chi connectivity index (χ3v) is 3.70. The van der Waals surface area contributed by atoms with Gasteiger partial charge in [0.15, 0.2) is 11.0 Å². The van der Waals surface area contributed by atoms with Crippen molar-refractivity contribution in [2.24, 2.45) is 0 Å². The summed E-state index contributed by atoms with van der Waals surface area (Å²) >= 11 is 0. The number of benzene rings is 2. The molecule has 0 spiro atoms. The lowest BCUT2D eigenvalue weighted by Gasteiger charge is -2.08. The average molecular weight is 304 g/mol. The minimum absolute atomic E-state index is 0.0233. The van der Waals surface area contributed by atoms with E-state index in [-0.39, 0.29) is 11.2 Å². The molecule has 5 nitrogen and oxygen atoms in total. The van der Waals surface area contributed by atoms with Crippen LogP contribution in [0.25, 0.3) is 33.6 Å². The molecule has 112 valence electrons. The van der Waals surface area contributed by atoms with Gasteiger partial charge in [-0.3, -0.25) is 9.89 Å². The van der Waals surface area contributed by atoms with Gasteiger partial charge in [-0.25, -0.2) is 0 Å². The van der Waals surface area contributed by atoms with E-state index in [1.165, 1.54) is 12.1 Å². The molecule has 0 unspecified atom stereocenters. The number of nitrogens with one attached hydrogen (secondary N) is 1. The monoisotopic (exact) mass is 304 g/mol. The molecule has 2 aromatic heterocycles. The molecule has 4 rings (SSSR count). The summed E-state index contributed by atoms with van der Waals surface area (Å²) in [5, 5.41) is 17.3. The lowest BCUT2D eigenvalue weighted by molar-refractivity contribution is 0.476. The SMILES string of the molecule is O=c1cc(-c2ccccc2)oc2c(-c3ccn[nH]3)c(O)ccc12. The van der Waals surface area contributed by atoms with Crippen LogP contribution in [0.5, 0.6) is 5.75 Å². The molecule has 0 fully saturated rings. The van der Waals surface area contributed by atoms with Crippen LogP contribution in [0.4, 0.5) is 0 Å². The topological polar surface area (TPSA) is 79.1 Å². The van der Waals surface area contributed by atoms with Gasteiger partial charge in [0, 0.05) is 17.8 Å². The molecule has 0 aliphatic carbocycles. The summed E-state index contributed by atoms with van der Waals surface area (Å²) in [5.74, 6) is 0.476. The number of nitrogens with zero attached hydrogens (tertiary/aromatic N) is 1. The summed E-state index contributed by atoms with van der Waals surface area (Å²) in [6.07, 6.45) is 1.58. The van der Waals surface area contributed by atoms with E-state index in [0.717, 1.165) is 5.56 Å². The summed E-state index contributed by atoms with van der Waals surface area (Å²) in [6, 6.07) is 15.6. The maximum Gasteiger partial charge on any atom is 0.193 e. The van der Waals surface area contributed by atoms with E-state index in [1.54, 1.807) is 18.3 Å². The second-order valence-electron chi connectivity index (χ2n) is 5.15. The van der Waals surface area contributed by atoms with E-state index in [0.29, 0.717) is 28.0 Å². The van der Waals surface area contributed by atoms with Crippen LogP contribution in [-0.4, -0.2) is 15.3 Å². The van der Waals surface area contributed by atoms with Gasteiger partial charge in [0.05, 0.1) is 16.6 Å². The van der Waals surface area contributed by atoms with E-state index < -0.39 is 0 Å². The molecule has 2 N–H and O–H groups in total. The first kappa shape index (κ1) is 13.3. The smallest absolute Gasteiger partial charge is 0.193 e. The van der Waals surface area contributed by atoms with Crippen molar-refractivity contribution in [3.63, 3.8) is 0 Å². The van der Waals surface area contributed by atoms with Crippen molar-refractivity contribution in [2.75, 3.05) is 0 Å². The Morgan fingerprint density at radius 1 is 1.04 bits per heavy atom. The van der Waals surface area contributed by atoms with E-state index in [9.17, 15) is 9.90 Å². The van der Waals surface area contributed by atoms with Crippen LogP contribution >= 0.6 is 0 Å². The second-order valence-corrected chi connectivity index (χ2v) is 5.15. The Morgan fingerprint density at radius 2 is 1.87 bits per heavy atom. The molecule has 0 saturated carbocycles. The summed E-state index contributed by atoms with van der Waals surface area (Å²) in [7, 11) is 0. The highest BCUT2D eigenvalue weighted by Gasteiger charge is 2.16. The standard InChI is InChI=1S/C18H12N2O3/c21-14-7-6-12-15(22)10-16(11-4-2-1-3-5-11)23-18(12)17(14)13-8-9-19-20-13/h1-10,21H,(H,19,20). The van der Waals surface area contributed by atoms with Gasteiger partial charge in [0.2, 0.25) is 0 Å². The molecule has 4 aromatic rings. The first-order valence-corrected chi connectivity index (χ1v) is 7.09. The van der Waals surface area contributed by atoms with Crippen LogP contribution in [0.1, 0.15) is 0 Å². The number of hydrogen-bond donors (Lipinski definition) is 2. The van der Waals surface area contributed by atoms with Crippen molar-refractivity contribution in [1.82, 2.24) is 10.2 Å². The van der Waals surface area contributed by atoms with E-state index in [4.69, 9.17) is 4.42 Å². The Balaban J connectivity index is 2.08. The van der Waals surface area contributed by atoms with Gasteiger partial charge in [-0.15, -0.1) is 0 Å². The molecule has 0 amide bonds. The number of H-pyrrole nitrogens is 1. The lowest BCUT2D eigenvalue weighted by Crippen LogP contribution is -2.01. The van der Waals surface area contributed by atoms with Crippen LogP contribution < -0.4 is 5.43 Å². The fourth-order valence-electron chi connectivity index (χ4n) is 2.61. The molecule has 2 heterocycles. The molecule has 5 heteroatoms. The zero-order chi connectivity index (χ0) is 15.8. The number of rotatable bonds is 2. The quantitative estimate of drug-likeness (QED) is 0.593. The fourth-order valence-corrected chi connectivity index (χ4v) is 2.61. The summed E-state index contributed by atoms with van der Waals surface area (Å²) in [4.78, 5) is 12.4. The molecular formula is C18H12N2O3. The Labute approximate surface area is 130 Å². The number of hydrogen-bond acceptors (Lipinski definition) is 4. The summed E-state index contributed by atoms with van der Waals surface area (Å²) < 4.78 is 5.96. The van der Waals surface area contributed by atoms with Crippen LogP contribution in [0.3, 0.4) is 0 Å². The second kappa shape index (κ2) is 5.14. The zero-order valence-electron chi connectivity index (χ0n) is 12.0. The van der Waals surface area contributed by atoms with Crippen molar-refractivity contribution < 1.29 is 9.52 Å². The summed E-state index contributed by atoms with van der Waals surface area (Å²) in [5.41, 5.74) is 1.98. The maximum absolute atomic E-state index is 12.4. The van der Waals surface area contributed by atoms with Crippen molar-refractivity contribution in [3.8, 4) is 28.3 Å². The van der Waals surface area contributed by atoms with Gasteiger partial charge < -0.3 is 9.52 Å². The van der Waals surface area contributed by atoms with Crippen LogP contribution in [0, 0.1) is 0 Å². The van der Waals surface area contributed by atoms with E-state index >= 15 is 0 Å². The lowest BCUT2D eigenvalue weighted by atomic mass is 10.1. The molecule has 2 aromatic carbocycles. The van der Waals surface area contributed by atoms with Crippen molar-refractivity contribution >= 4 is 11.0 Å². The molecule has 0 aliphatic rings. The molecule has 0 saturated heterocycles. The first-order valence-electron chi connectivity index (χ1n) is 7.09. The van der Waals surface area contributed by atoms with Gasteiger partial charge in [-0.05, 0) is 18.2 Å². The predicted molar refractivity (Wildman–Crippen MR) is 87.2 cm³/mol. The van der Waals surface area contributed by atoms with Gasteiger partial charge >= 0.3 is 0 Å². The predicted octanol–water partition coefficient (Wildman–Crippen LogP) is 3.56. The van der Waals surface area contributed by atoms with Gasteiger partial charge in [-0.2, -0.15) is 5.10 Å². The van der Waals surface area contributed by atoms with Crippen molar-refractivity contribution in [3.05, 3.63) is 71.0 Å². The normalized spacial score (nSPS) is 11.0. The number of aromatic amines is 1. The van der Waals surface area contributed by atoms with Crippen molar-refractivity contribution in [2.45, 2.75) is 0 Å². The third-order valence-electron chi connectivity index (χ3n) is 3.70. The van der Waals surface area contributed by atoms with Crippen LogP contribution in [-0.2, 0) is 0 Å².